The fourth-order valence-corrected chi connectivity index (χ4v) is 15.9. The number of carbonyl (C=O) groups excluding carboxylic acids is 2. The van der Waals surface area contributed by atoms with Crippen LogP contribution < -0.4 is 0 Å². The van der Waals surface area contributed by atoms with Gasteiger partial charge in [-0.3, -0.25) is 9.59 Å². The molecule has 0 aromatic heterocycles. The molecule has 14 N–H and O–H groups in total. The quantitative estimate of drug-likeness (QED) is 0.0609. The second kappa shape index (κ2) is 22.9. The summed E-state index contributed by atoms with van der Waals surface area (Å²) < 4.78 is 66.1. The summed E-state index contributed by atoms with van der Waals surface area (Å²) in [6.45, 7) is 8.49. The first-order valence-electron chi connectivity index (χ1n) is 28.4. The van der Waals surface area contributed by atoms with Crippen molar-refractivity contribution >= 4 is 11.8 Å². The zero-order valence-corrected chi connectivity index (χ0v) is 46.3. The van der Waals surface area contributed by atoms with Gasteiger partial charge in [-0.1, -0.05) is 38.8 Å². The van der Waals surface area contributed by atoms with E-state index in [2.05, 4.69) is 13.8 Å². The summed E-state index contributed by atoms with van der Waals surface area (Å²) in [5.74, 6) is -0.547. The second-order valence-corrected chi connectivity index (χ2v) is 25.4. The lowest BCUT2D eigenvalue weighted by Crippen LogP contribution is -2.67. The normalized spacial score (nSPS) is 54.9. The van der Waals surface area contributed by atoms with E-state index in [0.29, 0.717) is 38.5 Å². The molecule has 0 amide bonds. The molecule has 10 aliphatic rings. The number of ether oxygens (including phenoxy) is 11. The second-order valence-electron chi connectivity index (χ2n) is 25.4. The molecule has 4 aliphatic carbocycles. The number of hydrogen-bond acceptors (Lipinski definition) is 27. The molecule has 6 saturated heterocycles. The van der Waals surface area contributed by atoms with Crippen molar-refractivity contribution in [3.63, 3.8) is 0 Å². The third-order valence-corrected chi connectivity index (χ3v) is 21.1. The van der Waals surface area contributed by atoms with Gasteiger partial charge in [-0.15, -0.1) is 0 Å². The molecular weight excluding hydrogens is 1080 g/mol. The Morgan fingerprint density at radius 3 is 1.83 bits per heavy atom. The van der Waals surface area contributed by atoms with Gasteiger partial charge in [-0.2, -0.15) is 0 Å². The SMILES string of the molecule is C[C@@H]1O[C@@H](O[C@H]2[C@H](O[C@H]3[C@H](OC[C@H]4O[C@@H](O[C@H]5CC[C@]6(C)C7=C(CC[C@H]6[C@@]5(C)CO)[C@]5(C)C(=O)C[C@@]6(OC(=O)C[C@H]6C)[C@@]5(C)CC7)[C@H](O)[C@@H](O)[C@@H]4O)OC[C@H](O)[C@@H]3O)O[C@H](CO)[C@@H](O)[C@@H]2O[C@@H]2OC[C@H](O)[C@H](O)[C@H]2O)[C@H](O)[C@H](O)[C@H]1O. The molecule has 10 rings (SSSR count). The molecule has 31 atom stereocenters. The summed E-state index contributed by atoms with van der Waals surface area (Å²) in [7, 11) is 0. The molecule has 8 fully saturated rings. The van der Waals surface area contributed by atoms with E-state index in [4.69, 9.17) is 52.1 Å². The average Bonchev–Trinajstić information content (AvgIpc) is 1.73. The zero-order chi connectivity index (χ0) is 58.8. The summed E-state index contributed by atoms with van der Waals surface area (Å²) in [5, 5.41) is 153. The molecule has 0 aromatic rings. The van der Waals surface area contributed by atoms with Crippen molar-refractivity contribution in [1.29, 1.82) is 0 Å². The van der Waals surface area contributed by atoms with Gasteiger partial charge in [0.2, 0.25) is 0 Å². The number of Topliss-reactive ketones (excluding diaryl/α,β-unsaturated/α-hetero) is 1. The van der Waals surface area contributed by atoms with E-state index < -0.39 is 201 Å². The van der Waals surface area contributed by atoms with Gasteiger partial charge in [0.25, 0.3) is 0 Å². The number of aliphatic hydroxyl groups is 14. The van der Waals surface area contributed by atoms with Crippen molar-refractivity contribution in [2.45, 2.75) is 246 Å². The highest BCUT2D eigenvalue weighted by molar-refractivity contribution is 5.94. The van der Waals surface area contributed by atoms with Crippen LogP contribution in [0.15, 0.2) is 11.1 Å². The molecule has 2 saturated carbocycles. The number of fused-ring (bicyclic) bond motifs is 5. The minimum absolute atomic E-state index is 0.0648. The fourth-order valence-electron chi connectivity index (χ4n) is 15.9. The van der Waals surface area contributed by atoms with Crippen LogP contribution in [0.5, 0.6) is 0 Å². The Hall–Kier alpha value is -2.08. The van der Waals surface area contributed by atoms with Crippen molar-refractivity contribution in [2.24, 2.45) is 33.5 Å². The van der Waals surface area contributed by atoms with Gasteiger partial charge < -0.3 is 124 Å². The Bertz CT molecular complexity index is 2310. The Morgan fingerprint density at radius 1 is 0.568 bits per heavy atom. The van der Waals surface area contributed by atoms with Crippen LogP contribution in [0.3, 0.4) is 0 Å². The maximum Gasteiger partial charge on any atom is 0.306 e. The molecular formula is C54H84O27. The maximum atomic E-state index is 14.4. The van der Waals surface area contributed by atoms with Gasteiger partial charge in [0.1, 0.15) is 115 Å². The van der Waals surface area contributed by atoms with Gasteiger partial charge >= 0.3 is 5.97 Å². The third-order valence-electron chi connectivity index (χ3n) is 21.1. The number of ketones is 1. The molecule has 6 heterocycles. The van der Waals surface area contributed by atoms with E-state index in [0.717, 1.165) is 5.57 Å². The van der Waals surface area contributed by atoms with E-state index in [1.54, 1.807) is 0 Å². The highest BCUT2D eigenvalue weighted by Gasteiger charge is 2.76. The Kier molecular flexibility index (Phi) is 17.5. The minimum Gasteiger partial charge on any atom is -0.458 e. The molecule has 462 valence electrons. The Morgan fingerprint density at radius 2 is 1.17 bits per heavy atom. The summed E-state index contributed by atoms with van der Waals surface area (Å²) in [6.07, 6.45) is -37.5. The topological polar surface area (TPSA) is 419 Å². The Labute approximate surface area is 467 Å². The van der Waals surface area contributed by atoms with Gasteiger partial charge in [-0.25, -0.2) is 0 Å². The predicted octanol–water partition coefficient (Wildman–Crippen LogP) is -4.62. The molecule has 0 bridgehead atoms. The molecule has 0 radical (unpaired) electrons. The molecule has 81 heavy (non-hydrogen) atoms. The van der Waals surface area contributed by atoms with Gasteiger partial charge in [0, 0.05) is 23.2 Å². The number of allylic oxidation sites excluding steroid dienone is 2. The van der Waals surface area contributed by atoms with Crippen LogP contribution in [0.1, 0.15) is 92.9 Å². The molecule has 27 heteroatoms. The van der Waals surface area contributed by atoms with Gasteiger partial charge in [0.05, 0.1) is 57.1 Å². The predicted molar refractivity (Wildman–Crippen MR) is 266 cm³/mol. The van der Waals surface area contributed by atoms with Gasteiger partial charge in [-0.05, 0) is 63.7 Å². The standard InChI is InChI=1S/C54H84O27/c1-20-13-31(60)81-54(20)14-29(59)53(6)23-7-8-28-50(3,22(23)9-12-52(53,54)5)11-10-30(51(28,4)19-56)77-47-41(70)38(67)35(64)27(76-47)18-73-48-43(34(63)25(58)17-72-48)79-49-44(80-46-40(69)37(66)32(61)21(2)74-46)42(36(65)26(15-55)75-49)78-45-39(68)33(62)24(57)16-71-45/h20-21,24-28,30,32-49,55-58,61-70H,7-19H2,1-6H3/t20-,21+,24+,25+,26-,27-,28-,30+,32+,33+,34+,35-,36-,37-,38+,39-,40-,41-,42+,43-,44-,45+,46+,47+,48+,49+,50-,51-,52+,53-,54+/m1/s1. The smallest absolute Gasteiger partial charge is 0.306 e. The van der Waals surface area contributed by atoms with Crippen LogP contribution in [0, 0.1) is 33.5 Å². The van der Waals surface area contributed by atoms with Crippen LogP contribution in [0.25, 0.3) is 0 Å². The number of carbonyl (C=O) groups is 2. The van der Waals surface area contributed by atoms with Crippen molar-refractivity contribution in [1.82, 2.24) is 0 Å². The average molecular weight is 1170 g/mol. The van der Waals surface area contributed by atoms with Gasteiger partial charge in [0.15, 0.2) is 31.5 Å². The third kappa shape index (κ3) is 9.91. The van der Waals surface area contributed by atoms with Crippen LogP contribution in [-0.2, 0) is 61.7 Å². The monoisotopic (exact) mass is 1160 g/mol. The highest BCUT2D eigenvalue weighted by Crippen LogP contribution is 2.74. The lowest BCUT2D eigenvalue weighted by molar-refractivity contribution is -0.404. The summed E-state index contributed by atoms with van der Waals surface area (Å²) in [6, 6.07) is 0. The van der Waals surface area contributed by atoms with Crippen molar-refractivity contribution in [3.8, 4) is 0 Å². The first-order valence-corrected chi connectivity index (χ1v) is 28.4. The van der Waals surface area contributed by atoms with Crippen LogP contribution >= 0.6 is 0 Å². The highest BCUT2D eigenvalue weighted by atomic mass is 16.8. The lowest BCUT2D eigenvalue weighted by Gasteiger charge is -2.63. The van der Waals surface area contributed by atoms with Crippen molar-refractivity contribution < 1.29 is 133 Å². The Balaban J connectivity index is 0.861. The van der Waals surface area contributed by atoms with Crippen LogP contribution in [0.2, 0.25) is 0 Å². The van der Waals surface area contributed by atoms with E-state index in [-0.39, 0.29) is 43.0 Å². The van der Waals surface area contributed by atoms with Crippen LogP contribution in [-0.4, -0.2) is 269 Å². The van der Waals surface area contributed by atoms with E-state index in [9.17, 15) is 81.1 Å². The largest absolute Gasteiger partial charge is 0.458 e. The van der Waals surface area contributed by atoms with Crippen LogP contribution in [0.4, 0.5) is 0 Å². The number of hydrogen-bond donors (Lipinski definition) is 14. The number of rotatable bonds is 13. The molecule has 6 aliphatic heterocycles. The molecule has 1 spiro atoms. The van der Waals surface area contributed by atoms with E-state index in [1.807, 2.05) is 20.8 Å². The summed E-state index contributed by atoms with van der Waals surface area (Å²) in [4.78, 5) is 27.2. The lowest BCUT2D eigenvalue weighted by atomic mass is 9.42. The van der Waals surface area contributed by atoms with Crippen molar-refractivity contribution in [3.05, 3.63) is 11.1 Å². The number of esters is 1. The first kappa shape index (κ1) is 62.0. The fraction of sp³-hybridized carbons (Fsp3) is 0.926. The van der Waals surface area contributed by atoms with E-state index >= 15 is 0 Å². The zero-order valence-electron chi connectivity index (χ0n) is 46.3. The van der Waals surface area contributed by atoms with E-state index in [1.165, 1.54) is 12.5 Å². The summed E-state index contributed by atoms with van der Waals surface area (Å²) in [5.41, 5.74) is -1.59. The summed E-state index contributed by atoms with van der Waals surface area (Å²) >= 11 is 0. The number of aliphatic hydroxyl groups excluding tert-OH is 14. The molecule has 27 nitrogen and oxygen atoms in total. The molecule has 0 unspecified atom stereocenters. The first-order chi connectivity index (χ1) is 38.1. The minimum atomic E-state index is -1.98. The van der Waals surface area contributed by atoms with Crippen molar-refractivity contribution in [2.75, 3.05) is 33.0 Å². The molecule has 0 aromatic carbocycles. The maximum absolute atomic E-state index is 14.4.